The van der Waals surface area contributed by atoms with E-state index in [9.17, 15) is 4.39 Å². The van der Waals surface area contributed by atoms with Crippen molar-refractivity contribution in [3.05, 3.63) is 41.8 Å². The summed E-state index contributed by atoms with van der Waals surface area (Å²) in [6.45, 7) is 6.72. The third-order valence-corrected chi connectivity index (χ3v) is 5.14. The average molecular weight is 359 g/mol. The molecule has 3 rings (SSSR count). The van der Waals surface area contributed by atoms with Crippen molar-refractivity contribution >= 4 is 0 Å². The minimum atomic E-state index is -0.203. The largest absolute Gasteiger partial charge is 0.381 e. The molecular weight excluding hydrogens is 329 g/mol. The topological polar surface area (TPSA) is 30.3 Å². The molecule has 5 heteroatoms. The molecule has 0 atom stereocenters. The molecule has 0 saturated carbocycles. The van der Waals surface area contributed by atoms with E-state index in [-0.39, 0.29) is 5.82 Å². The summed E-state index contributed by atoms with van der Waals surface area (Å²) in [5, 5.41) is 4.70. The van der Waals surface area contributed by atoms with Crippen LogP contribution in [0.5, 0.6) is 0 Å². The van der Waals surface area contributed by atoms with E-state index in [1.54, 1.807) is 0 Å². The number of rotatable bonds is 8. The van der Waals surface area contributed by atoms with Crippen LogP contribution >= 0.6 is 0 Å². The van der Waals surface area contributed by atoms with Gasteiger partial charge in [0.1, 0.15) is 5.82 Å². The first-order valence-electron chi connectivity index (χ1n) is 9.74. The van der Waals surface area contributed by atoms with Crippen molar-refractivity contribution in [2.24, 2.45) is 5.92 Å². The summed E-state index contributed by atoms with van der Waals surface area (Å²) in [6.07, 6.45) is 6.53. The van der Waals surface area contributed by atoms with Gasteiger partial charge in [0.2, 0.25) is 0 Å². The number of benzene rings is 1. The van der Waals surface area contributed by atoms with E-state index in [0.29, 0.717) is 5.92 Å². The lowest BCUT2D eigenvalue weighted by atomic mass is 10.00. The highest BCUT2D eigenvalue weighted by atomic mass is 19.1. The Morgan fingerprint density at radius 3 is 2.65 bits per heavy atom. The highest BCUT2D eigenvalue weighted by molar-refractivity contribution is 5.63. The summed E-state index contributed by atoms with van der Waals surface area (Å²) >= 11 is 0. The number of aromatic nitrogens is 2. The maximum Gasteiger partial charge on any atom is 0.123 e. The van der Waals surface area contributed by atoms with E-state index in [2.05, 4.69) is 23.6 Å². The van der Waals surface area contributed by atoms with E-state index in [1.165, 1.54) is 30.5 Å². The maximum atomic E-state index is 13.4. The molecule has 1 saturated heterocycles. The van der Waals surface area contributed by atoms with Gasteiger partial charge in [0, 0.05) is 37.4 Å². The van der Waals surface area contributed by atoms with Gasteiger partial charge in [0.25, 0.3) is 0 Å². The number of hydrogen-bond donors (Lipinski definition) is 0. The molecule has 1 aromatic carbocycles. The van der Waals surface area contributed by atoms with E-state index in [0.717, 1.165) is 56.9 Å². The highest BCUT2D eigenvalue weighted by Crippen LogP contribution is 2.27. The summed E-state index contributed by atoms with van der Waals surface area (Å²) in [5.41, 5.74) is 3.37. The van der Waals surface area contributed by atoms with E-state index < -0.39 is 0 Å². The molecule has 0 amide bonds. The molecule has 0 bridgehead atoms. The number of nitrogens with zero attached hydrogens (tertiary/aromatic N) is 3. The molecule has 1 aliphatic heterocycles. The average Bonchev–Trinajstić information content (AvgIpc) is 3.03. The predicted molar refractivity (Wildman–Crippen MR) is 102 cm³/mol. The lowest BCUT2D eigenvalue weighted by Crippen LogP contribution is -2.22. The second-order valence-corrected chi connectivity index (χ2v) is 7.35. The zero-order chi connectivity index (χ0) is 18.4. The lowest BCUT2D eigenvalue weighted by molar-refractivity contribution is 0.0603. The minimum Gasteiger partial charge on any atom is -0.381 e. The Morgan fingerprint density at radius 1 is 1.23 bits per heavy atom. The molecule has 2 aromatic rings. The normalized spacial score (nSPS) is 15.7. The van der Waals surface area contributed by atoms with Gasteiger partial charge in [-0.05, 0) is 63.0 Å². The number of unbranched alkanes of at least 4 members (excludes halogenated alkanes) is 1. The van der Waals surface area contributed by atoms with Crippen LogP contribution in [-0.4, -0.2) is 41.5 Å². The molecule has 0 N–H and O–H groups in total. The number of ether oxygens (including phenoxy) is 1. The van der Waals surface area contributed by atoms with Crippen molar-refractivity contribution in [1.29, 1.82) is 0 Å². The molecule has 26 heavy (non-hydrogen) atoms. The molecule has 1 fully saturated rings. The fraction of sp³-hybridized carbons (Fsp3) is 0.571. The Bertz CT molecular complexity index is 677. The van der Waals surface area contributed by atoms with Gasteiger partial charge in [-0.25, -0.2) is 4.39 Å². The molecule has 2 heterocycles. The van der Waals surface area contributed by atoms with Crippen LogP contribution in [0.4, 0.5) is 4.39 Å². The van der Waals surface area contributed by atoms with Crippen LogP contribution in [0.15, 0.2) is 30.5 Å². The first-order valence-corrected chi connectivity index (χ1v) is 9.74. The summed E-state index contributed by atoms with van der Waals surface area (Å²) in [5.74, 6) is 0.388. The first kappa shape index (κ1) is 19.1. The van der Waals surface area contributed by atoms with Gasteiger partial charge in [-0.2, -0.15) is 5.10 Å². The van der Waals surface area contributed by atoms with Crippen molar-refractivity contribution in [3.63, 3.8) is 0 Å². The first-order chi connectivity index (χ1) is 12.7. The lowest BCUT2D eigenvalue weighted by Gasteiger charge is -2.23. The third-order valence-electron chi connectivity index (χ3n) is 5.14. The van der Waals surface area contributed by atoms with Crippen LogP contribution in [0.3, 0.4) is 0 Å². The Labute approximate surface area is 156 Å². The Balaban J connectivity index is 1.84. The molecular formula is C21H30FN3O. The molecule has 142 valence electrons. The molecule has 1 aromatic heterocycles. The smallest absolute Gasteiger partial charge is 0.123 e. The van der Waals surface area contributed by atoms with Crippen molar-refractivity contribution in [2.45, 2.75) is 45.7 Å². The number of hydrogen-bond acceptors (Lipinski definition) is 3. The molecule has 0 unspecified atom stereocenters. The third kappa shape index (κ3) is 4.92. The van der Waals surface area contributed by atoms with Crippen LogP contribution in [0, 0.1) is 11.7 Å². The molecule has 0 radical (unpaired) electrons. The van der Waals surface area contributed by atoms with Gasteiger partial charge in [0.15, 0.2) is 0 Å². The highest BCUT2D eigenvalue weighted by Gasteiger charge is 2.20. The van der Waals surface area contributed by atoms with Crippen LogP contribution in [0.2, 0.25) is 0 Å². The van der Waals surface area contributed by atoms with E-state index in [1.807, 2.05) is 18.3 Å². The van der Waals surface area contributed by atoms with Crippen molar-refractivity contribution < 1.29 is 9.13 Å². The van der Waals surface area contributed by atoms with Crippen molar-refractivity contribution in [1.82, 2.24) is 14.7 Å². The monoisotopic (exact) mass is 359 g/mol. The van der Waals surface area contributed by atoms with E-state index in [4.69, 9.17) is 9.84 Å². The van der Waals surface area contributed by atoms with E-state index >= 15 is 0 Å². The maximum absolute atomic E-state index is 13.4. The van der Waals surface area contributed by atoms with Crippen molar-refractivity contribution in [2.75, 3.05) is 26.8 Å². The minimum absolute atomic E-state index is 0.203. The van der Waals surface area contributed by atoms with Gasteiger partial charge in [-0.15, -0.1) is 0 Å². The molecule has 4 nitrogen and oxygen atoms in total. The second-order valence-electron chi connectivity index (χ2n) is 7.35. The summed E-state index contributed by atoms with van der Waals surface area (Å²) in [4.78, 5) is 2.34. The second kappa shape index (κ2) is 9.28. The molecule has 0 aliphatic carbocycles. The fourth-order valence-electron chi connectivity index (χ4n) is 3.59. The van der Waals surface area contributed by atoms with Gasteiger partial charge in [-0.3, -0.25) is 4.68 Å². The standard InChI is InChI=1S/C21H30FN3O/c1-3-4-11-24(2)16-19-14-23-25(15-17-9-12-26-13-10-17)21(19)18-5-7-20(22)8-6-18/h5-8,14,17H,3-4,9-13,15-16H2,1-2H3. The van der Waals surface area contributed by atoms with Crippen LogP contribution in [0.1, 0.15) is 38.2 Å². The van der Waals surface area contributed by atoms with Gasteiger partial charge < -0.3 is 9.64 Å². The molecule has 0 spiro atoms. The summed E-state index contributed by atoms with van der Waals surface area (Å²) < 4.78 is 21.0. The van der Waals surface area contributed by atoms with Crippen LogP contribution in [0.25, 0.3) is 11.3 Å². The quantitative estimate of drug-likeness (QED) is 0.702. The Morgan fingerprint density at radius 2 is 1.96 bits per heavy atom. The summed E-state index contributed by atoms with van der Waals surface area (Å²) in [7, 11) is 2.15. The predicted octanol–water partition coefficient (Wildman–Crippen LogP) is 4.35. The number of halogens is 1. The fourth-order valence-corrected chi connectivity index (χ4v) is 3.59. The SMILES string of the molecule is CCCCN(C)Cc1cnn(CC2CCOCC2)c1-c1ccc(F)cc1. The zero-order valence-corrected chi connectivity index (χ0v) is 16.0. The van der Waals surface area contributed by atoms with Crippen LogP contribution < -0.4 is 0 Å². The van der Waals surface area contributed by atoms with Gasteiger partial charge in [0.05, 0.1) is 11.9 Å². The van der Waals surface area contributed by atoms with Crippen LogP contribution in [-0.2, 0) is 17.8 Å². The Hall–Kier alpha value is -1.72. The van der Waals surface area contributed by atoms with Crippen molar-refractivity contribution in [3.8, 4) is 11.3 Å². The Kier molecular flexibility index (Phi) is 6.80. The molecule has 1 aliphatic rings. The van der Waals surface area contributed by atoms with Gasteiger partial charge >= 0.3 is 0 Å². The van der Waals surface area contributed by atoms with Gasteiger partial charge in [-0.1, -0.05) is 13.3 Å². The zero-order valence-electron chi connectivity index (χ0n) is 16.0. The summed E-state index contributed by atoms with van der Waals surface area (Å²) in [6, 6.07) is 6.79.